The van der Waals surface area contributed by atoms with E-state index in [0.717, 1.165) is 23.3 Å². The molecule has 3 N–H and O–H groups in total. The van der Waals surface area contributed by atoms with E-state index >= 15 is 0 Å². The fraction of sp³-hybridized carbons (Fsp3) is 0.211. The van der Waals surface area contributed by atoms with Crippen LogP contribution in [0.1, 0.15) is 23.8 Å². The summed E-state index contributed by atoms with van der Waals surface area (Å²) in [6, 6.07) is 13.3. The summed E-state index contributed by atoms with van der Waals surface area (Å²) in [5.74, 6) is 0.435. The summed E-state index contributed by atoms with van der Waals surface area (Å²) in [5, 5.41) is 11.7. The predicted octanol–water partition coefficient (Wildman–Crippen LogP) is 3.03. The number of ether oxygens (including phenoxy) is 1. The fourth-order valence-electron chi connectivity index (χ4n) is 2.70. The van der Waals surface area contributed by atoms with E-state index < -0.39 is 0 Å². The van der Waals surface area contributed by atoms with Gasteiger partial charge in [0.25, 0.3) is 5.91 Å². The van der Waals surface area contributed by atoms with Crippen LogP contribution in [-0.4, -0.2) is 29.8 Å². The van der Waals surface area contributed by atoms with Crippen LogP contribution < -0.4 is 15.8 Å². The molecule has 0 spiro atoms. The minimum atomic E-state index is -0.311. The number of methoxy groups -OCH3 is 1. The number of hydrogen-bond acceptors (Lipinski definition) is 5. The third-order valence-electron chi connectivity index (χ3n) is 3.96. The standard InChI is InChI=1S/C19H20N4O2/c1-3-10-21-19(24)18-17(20)16-14(8-5-9-15(16)22-23-18)12-6-4-7-13(11-12)25-2/h4-9,11H,3,10H2,1-2H3,(H2,20,22)(H,21,24). The molecule has 0 radical (unpaired) electrons. The summed E-state index contributed by atoms with van der Waals surface area (Å²) in [6.45, 7) is 2.55. The van der Waals surface area contributed by atoms with Crippen molar-refractivity contribution in [1.82, 2.24) is 15.5 Å². The molecule has 0 saturated carbocycles. The molecule has 3 aromatic rings. The molecule has 0 aliphatic heterocycles. The van der Waals surface area contributed by atoms with Gasteiger partial charge in [0, 0.05) is 11.9 Å². The van der Waals surface area contributed by atoms with Crippen LogP contribution in [0.3, 0.4) is 0 Å². The number of nitrogens with two attached hydrogens (primary N) is 1. The smallest absolute Gasteiger partial charge is 0.273 e. The van der Waals surface area contributed by atoms with Gasteiger partial charge in [-0.15, -0.1) is 10.2 Å². The fourth-order valence-corrected chi connectivity index (χ4v) is 2.70. The summed E-state index contributed by atoms with van der Waals surface area (Å²) < 4.78 is 5.30. The highest BCUT2D eigenvalue weighted by molar-refractivity contribution is 6.09. The van der Waals surface area contributed by atoms with Gasteiger partial charge in [-0.05, 0) is 35.7 Å². The van der Waals surface area contributed by atoms with Gasteiger partial charge < -0.3 is 15.8 Å². The first-order valence-corrected chi connectivity index (χ1v) is 8.13. The van der Waals surface area contributed by atoms with E-state index in [2.05, 4.69) is 15.5 Å². The van der Waals surface area contributed by atoms with Crippen molar-refractivity contribution >= 4 is 22.5 Å². The average Bonchev–Trinajstić information content (AvgIpc) is 2.66. The molecule has 3 rings (SSSR count). The maximum Gasteiger partial charge on any atom is 0.273 e. The maximum absolute atomic E-state index is 12.3. The Morgan fingerprint density at radius 2 is 2.00 bits per heavy atom. The highest BCUT2D eigenvalue weighted by Crippen LogP contribution is 2.34. The number of rotatable bonds is 5. The van der Waals surface area contributed by atoms with E-state index in [9.17, 15) is 4.79 Å². The van der Waals surface area contributed by atoms with E-state index in [1.807, 2.05) is 49.4 Å². The minimum Gasteiger partial charge on any atom is -0.497 e. The number of amides is 1. The number of nitrogens with one attached hydrogen (secondary N) is 1. The van der Waals surface area contributed by atoms with Gasteiger partial charge in [0.1, 0.15) is 5.75 Å². The van der Waals surface area contributed by atoms with Crippen LogP contribution in [0.15, 0.2) is 42.5 Å². The number of nitrogen functional groups attached to an aromatic ring is 1. The quantitative estimate of drug-likeness (QED) is 0.747. The Morgan fingerprint density at radius 1 is 1.20 bits per heavy atom. The normalized spacial score (nSPS) is 10.6. The number of benzene rings is 2. The van der Waals surface area contributed by atoms with Gasteiger partial charge in [-0.3, -0.25) is 4.79 Å². The lowest BCUT2D eigenvalue weighted by molar-refractivity contribution is 0.0949. The lowest BCUT2D eigenvalue weighted by Crippen LogP contribution is -2.26. The Labute approximate surface area is 146 Å². The number of nitrogens with zero attached hydrogens (tertiary/aromatic N) is 2. The summed E-state index contributed by atoms with van der Waals surface area (Å²) >= 11 is 0. The van der Waals surface area contributed by atoms with Crippen LogP contribution in [-0.2, 0) is 0 Å². The van der Waals surface area contributed by atoms with Gasteiger partial charge in [0.15, 0.2) is 5.69 Å². The van der Waals surface area contributed by atoms with Gasteiger partial charge in [-0.25, -0.2) is 0 Å². The van der Waals surface area contributed by atoms with Gasteiger partial charge >= 0.3 is 0 Å². The number of fused-ring (bicyclic) bond motifs is 1. The molecule has 25 heavy (non-hydrogen) atoms. The van der Waals surface area contributed by atoms with Crippen molar-refractivity contribution in [2.24, 2.45) is 0 Å². The molecule has 2 aromatic carbocycles. The molecule has 0 bridgehead atoms. The molecule has 0 aliphatic carbocycles. The van der Waals surface area contributed by atoms with E-state index in [4.69, 9.17) is 10.5 Å². The zero-order valence-electron chi connectivity index (χ0n) is 14.2. The highest BCUT2D eigenvalue weighted by atomic mass is 16.5. The van der Waals surface area contributed by atoms with Crippen molar-refractivity contribution in [1.29, 1.82) is 0 Å². The monoisotopic (exact) mass is 336 g/mol. The zero-order chi connectivity index (χ0) is 17.8. The van der Waals surface area contributed by atoms with Crippen LogP contribution in [0.25, 0.3) is 22.0 Å². The summed E-state index contributed by atoms with van der Waals surface area (Å²) in [4.78, 5) is 12.3. The first-order valence-electron chi connectivity index (χ1n) is 8.13. The number of carbonyl (C=O) groups is 1. The van der Waals surface area contributed by atoms with Gasteiger partial charge in [-0.1, -0.05) is 31.2 Å². The average molecular weight is 336 g/mol. The largest absolute Gasteiger partial charge is 0.497 e. The zero-order valence-corrected chi connectivity index (χ0v) is 14.2. The van der Waals surface area contributed by atoms with Crippen LogP contribution in [0.5, 0.6) is 5.75 Å². The molecule has 6 nitrogen and oxygen atoms in total. The Balaban J connectivity index is 2.18. The van der Waals surface area contributed by atoms with Gasteiger partial charge in [0.05, 0.1) is 18.3 Å². The van der Waals surface area contributed by atoms with Crippen LogP contribution in [0, 0.1) is 0 Å². The lowest BCUT2D eigenvalue weighted by Gasteiger charge is -2.12. The first-order chi connectivity index (χ1) is 12.2. The van der Waals surface area contributed by atoms with Gasteiger partial charge in [0.2, 0.25) is 0 Å². The Bertz CT molecular complexity index is 924. The van der Waals surface area contributed by atoms with Crippen LogP contribution in [0.2, 0.25) is 0 Å². The van der Waals surface area contributed by atoms with Crippen molar-refractivity contribution in [3.05, 3.63) is 48.2 Å². The number of hydrogen-bond donors (Lipinski definition) is 2. The van der Waals surface area contributed by atoms with Crippen molar-refractivity contribution in [3.63, 3.8) is 0 Å². The number of carbonyl (C=O) groups excluding carboxylic acids is 1. The third-order valence-corrected chi connectivity index (χ3v) is 3.96. The summed E-state index contributed by atoms with van der Waals surface area (Å²) in [7, 11) is 1.62. The topological polar surface area (TPSA) is 90.1 Å². The molecule has 0 aliphatic rings. The first kappa shape index (κ1) is 16.7. The van der Waals surface area contributed by atoms with Gasteiger partial charge in [-0.2, -0.15) is 0 Å². The number of aromatic nitrogens is 2. The molecule has 1 heterocycles. The minimum absolute atomic E-state index is 0.149. The number of anilines is 1. The molecule has 0 unspecified atom stereocenters. The molecule has 6 heteroatoms. The predicted molar refractivity (Wildman–Crippen MR) is 98.6 cm³/mol. The molecule has 0 fully saturated rings. The lowest BCUT2D eigenvalue weighted by atomic mass is 9.99. The van der Waals surface area contributed by atoms with Crippen LogP contribution in [0.4, 0.5) is 5.69 Å². The molecule has 128 valence electrons. The van der Waals surface area contributed by atoms with E-state index in [1.165, 1.54) is 0 Å². The molecule has 1 amide bonds. The highest BCUT2D eigenvalue weighted by Gasteiger charge is 2.17. The Hall–Kier alpha value is -3.15. The molecular weight excluding hydrogens is 316 g/mol. The van der Waals surface area contributed by atoms with Crippen molar-refractivity contribution in [2.75, 3.05) is 19.4 Å². The second-order valence-corrected chi connectivity index (χ2v) is 5.65. The second-order valence-electron chi connectivity index (χ2n) is 5.65. The van der Waals surface area contributed by atoms with Crippen molar-refractivity contribution in [3.8, 4) is 16.9 Å². The summed E-state index contributed by atoms with van der Waals surface area (Å²) in [6.07, 6.45) is 0.835. The van der Waals surface area contributed by atoms with E-state index in [1.54, 1.807) is 7.11 Å². The Kier molecular flexibility index (Phi) is 4.79. The molecule has 1 aromatic heterocycles. The Morgan fingerprint density at radius 3 is 2.76 bits per heavy atom. The third kappa shape index (κ3) is 3.24. The van der Waals surface area contributed by atoms with E-state index in [-0.39, 0.29) is 11.6 Å². The second kappa shape index (κ2) is 7.17. The molecular formula is C19H20N4O2. The van der Waals surface area contributed by atoms with E-state index in [0.29, 0.717) is 23.1 Å². The summed E-state index contributed by atoms with van der Waals surface area (Å²) in [5.41, 5.74) is 9.25. The maximum atomic E-state index is 12.3. The van der Waals surface area contributed by atoms with Crippen molar-refractivity contribution in [2.45, 2.75) is 13.3 Å². The molecule has 0 atom stereocenters. The van der Waals surface area contributed by atoms with Crippen molar-refractivity contribution < 1.29 is 9.53 Å². The molecule has 0 saturated heterocycles. The van der Waals surface area contributed by atoms with Crippen LogP contribution >= 0.6 is 0 Å². The SMILES string of the molecule is CCCNC(=O)c1nnc2cccc(-c3cccc(OC)c3)c2c1N.